The zero-order valence-electron chi connectivity index (χ0n) is 20.5. The fourth-order valence-corrected chi connectivity index (χ4v) is 7.87. The normalized spacial score (nSPS) is 12.6. The predicted octanol–water partition coefficient (Wildman–Crippen LogP) is 5.71. The Morgan fingerprint density at radius 2 is 1.67 bits per heavy atom. The van der Waals surface area contributed by atoms with Crippen LogP contribution in [0, 0.1) is 13.8 Å². The molecule has 36 heavy (non-hydrogen) atoms. The van der Waals surface area contributed by atoms with Gasteiger partial charge < -0.3 is 9.26 Å². The second-order valence-corrected chi connectivity index (χ2v) is 12.2. The van der Waals surface area contributed by atoms with Crippen molar-refractivity contribution in [1.29, 1.82) is 0 Å². The summed E-state index contributed by atoms with van der Waals surface area (Å²) in [5.74, 6) is -0.740. The van der Waals surface area contributed by atoms with Crippen molar-refractivity contribution in [3.8, 4) is 0 Å². The van der Waals surface area contributed by atoms with Crippen molar-refractivity contribution < 1.29 is 22.5 Å². The highest BCUT2D eigenvalue weighted by Gasteiger charge is 2.36. The standard InChI is InChI=1S/C27H27ClNO5PS/c1-5-33-27(30)25-26(35(34-6-2)21-14-12-18(3)19(4)16-21)23-17-20(28)13-15-24(23)29(25)36(31,32)22-10-8-7-9-11-22/h7-17H,5-6H2,1-4H3. The molecule has 9 heteroatoms. The number of hydrogen-bond acceptors (Lipinski definition) is 5. The quantitative estimate of drug-likeness (QED) is 0.210. The highest BCUT2D eigenvalue weighted by atomic mass is 35.5. The third-order valence-electron chi connectivity index (χ3n) is 5.80. The van der Waals surface area contributed by atoms with Crippen molar-refractivity contribution in [2.24, 2.45) is 0 Å². The predicted molar refractivity (Wildman–Crippen MR) is 146 cm³/mol. The summed E-state index contributed by atoms with van der Waals surface area (Å²) < 4.78 is 40.7. The van der Waals surface area contributed by atoms with E-state index in [1.807, 2.05) is 39.0 Å². The largest absolute Gasteiger partial charge is 0.461 e. The number of fused-ring (bicyclic) bond motifs is 1. The molecular formula is C27H27ClNO5PS. The number of rotatable bonds is 8. The summed E-state index contributed by atoms with van der Waals surface area (Å²) in [6, 6.07) is 18.9. The van der Waals surface area contributed by atoms with Gasteiger partial charge >= 0.3 is 5.97 Å². The van der Waals surface area contributed by atoms with Crippen LogP contribution in [0.5, 0.6) is 0 Å². The first-order valence-corrected chi connectivity index (χ1v) is 14.6. The van der Waals surface area contributed by atoms with Gasteiger partial charge in [0.25, 0.3) is 10.0 Å². The third kappa shape index (κ3) is 4.81. The molecule has 6 nitrogen and oxygen atoms in total. The van der Waals surface area contributed by atoms with E-state index in [0.29, 0.717) is 27.8 Å². The van der Waals surface area contributed by atoms with Crippen molar-refractivity contribution in [3.05, 3.63) is 88.6 Å². The van der Waals surface area contributed by atoms with Crippen LogP contribution < -0.4 is 10.6 Å². The maximum absolute atomic E-state index is 14.0. The van der Waals surface area contributed by atoms with E-state index >= 15 is 0 Å². The van der Waals surface area contributed by atoms with Crippen molar-refractivity contribution in [2.75, 3.05) is 13.2 Å². The molecule has 3 aromatic carbocycles. The molecule has 0 spiro atoms. The fraction of sp³-hybridized carbons (Fsp3) is 0.222. The fourth-order valence-electron chi connectivity index (χ4n) is 4.00. The van der Waals surface area contributed by atoms with Crippen LogP contribution >= 0.6 is 19.7 Å². The van der Waals surface area contributed by atoms with E-state index in [1.54, 1.807) is 43.3 Å². The average Bonchev–Trinajstić information content (AvgIpc) is 3.20. The number of carbonyl (C=O) groups is 1. The zero-order chi connectivity index (χ0) is 26.0. The third-order valence-corrected chi connectivity index (χ3v) is 9.88. The van der Waals surface area contributed by atoms with E-state index in [9.17, 15) is 13.2 Å². The van der Waals surface area contributed by atoms with E-state index < -0.39 is 24.1 Å². The lowest BCUT2D eigenvalue weighted by atomic mass is 10.1. The maximum Gasteiger partial charge on any atom is 0.356 e. The van der Waals surface area contributed by atoms with Gasteiger partial charge in [0.05, 0.1) is 25.2 Å². The molecule has 0 aliphatic carbocycles. The van der Waals surface area contributed by atoms with Gasteiger partial charge in [0.2, 0.25) is 0 Å². The lowest BCUT2D eigenvalue weighted by Gasteiger charge is -2.20. The number of ether oxygens (including phenoxy) is 1. The van der Waals surface area contributed by atoms with Gasteiger partial charge in [-0.1, -0.05) is 41.9 Å². The van der Waals surface area contributed by atoms with E-state index in [1.165, 1.54) is 12.1 Å². The molecule has 0 aliphatic heterocycles. The SMILES string of the molecule is CCOC(=O)c1c(P(OCC)c2ccc(C)c(C)c2)c2cc(Cl)ccc2n1S(=O)(=O)c1ccccc1. The van der Waals surface area contributed by atoms with Crippen LogP contribution in [0.15, 0.2) is 71.6 Å². The molecule has 4 rings (SSSR count). The Labute approximate surface area is 217 Å². The molecule has 188 valence electrons. The Morgan fingerprint density at radius 3 is 2.31 bits per heavy atom. The molecule has 1 unspecified atom stereocenters. The van der Waals surface area contributed by atoms with Crippen LogP contribution in [0.1, 0.15) is 35.5 Å². The summed E-state index contributed by atoms with van der Waals surface area (Å²) in [6.07, 6.45) is 0. The molecule has 0 saturated heterocycles. The second-order valence-electron chi connectivity index (χ2n) is 8.14. The molecule has 0 radical (unpaired) electrons. The summed E-state index contributed by atoms with van der Waals surface area (Å²) in [4.78, 5) is 13.6. The summed E-state index contributed by atoms with van der Waals surface area (Å²) in [6.45, 7) is 8.02. The van der Waals surface area contributed by atoms with Crippen LogP contribution in [0.2, 0.25) is 5.02 Å². The molecule has 1 atom stereocenters. The number of halogens is 1. The monoisotopic (exact) mass is 543 g/mol. The molecule has 0 bridgehead atoms. The number of aryl methyl sites for hydroxylation is 2. The van der Waals surface area contributed by atoms with Crippen molar-refractivity contribution >= 4 is 57.3 Å². The molecular weight excluding hydrogens is 517 g/mol. The van der Waals surface area contributed by atoms with Crippen LogP contribution in [0.3, 0.4) is 0 Å². The van der Waals surface area contributed by atoms with Crippen LogP contribution in [-0.2, 0) is 19.3 Å². The summed E-state index contributed by atoms with van der Waals surface area (Å²) in [5, 5.41) is 2.27. The number of aromatic nitrogens is 1. The number of benzene rings is 3. The molecule has 0 saturated carbocycles. The topological polar surface area (TPSA) is 74.6 Å². The van der Waals surface area contributed by atoms with Crippen LogP contribution in [0.4, 0.5) is 0 Å². The van der Waals surface area contributed by atoms with Gasteiger partial charge in [-0.2, -0.15) is 0 Å². The Hall–Kier alpha value is -2.70. The van der Waals surface area contributed by atoms with Crippen molar-refractivity contribution in [1.82, 2.24) is 3.97 Å². The smallest absolute Gasteiger partial charge is 0.356 e. The van der Waals surface area contributed by atoms with Gasteiger partial charge in [-0.3, -0.25) is 0 Å². The lowest BCUT2D eigenvalue weighted by molar-refractivity contribution is 0.0520. The van der Waals surface area contributed by atoms with Gasteiger partial charge in [-0.05, 0) is 75.2 Å². The number of nitrogens with zero attached hydrogens (tertiary/aromatic N) is 1. The summed E-state index contributed by atoms with van der Waals surface area (Å²) in [7, 11) is -5.77. The zero-order valence-corrected chi connectivity index (χ0v) is 23.0. The van der Waals surface area contributed by atoms with E-state index in [0.717, 1.165) is 20.4 Å². The molecule has 4 aromatic rings. The Balaban J connectivity index is 2.15. The first kappa shape index (κ1) is 26.4. The van der Waals surface area contributed by atoms with E-state index in [4.69, 9.17) is 20.9 Å². The first-order valence-electron chi connectivity index (χ1n) is 11.5. The lowest BCUT2D eigenvalue weighted by Crippen LogP contribution is -2.26. The second kappa shape index (κ2) is 10.7. The van der Waals surface area contributed by atoms with Crippen LogP contribution in [-0.4, -0.2) is 31.6 Å². The van der Waals surface area contributed by atoms with Gasteiger partial charge in [0.1, 0.15) is 0 Å². The van der Waals surface area contributed by atoms with Gasteiger partial charge in [-0.25, -0.2) is 17.2 Å². The summed E-state index contributed by atoms with van der Waals surface area (Å²) >= 11 is 6.39. The minimum atomic E-state index is -4.17. The van der Waals surface area contributed by atoms with E-state index in [2.05, 4.69) is 0 Å². The Kier molecular flexibility index (Phi) is 7.86. The number of esters is 1. The molecule has 0 fully saturated rings. The highest BCUT2D eigenvalue weighted by Crippen LogP contribution is 2.42. The molecule has 0 N–H and O–H groups in total. The molecule has 1 aromatic heterocycles. The highest BCUT2D eigenvalue weighted by molar-refractivity contribution is 7.90. The van der Waals surface area contributed by atoms with Gasteiger partial charge in [-0.15, -0.1) is 0 Å². The van der Waals surface area contributed by atoms with Crippen molar-refractivity contribution in [3.63, 3.8) is 0 Å². The van der Waals surface area contributed by atoms with Crippen LogP contribution in [0.25, 0.3) is 10.9 Å². The average molecular weight is 544 g/mol. The first-order chi connectivity index (χ1) is 17.2. The minimum absolute atomic E-state index is 0.0564. The van der Waals surface area contributed by atoms with Gasteiger partial charge in [0, 0.05) is 27.6 Å². The minimum Gasteiger partial charge on any atom is -0.461 e. The molecule has 1 heterocycles. The number of hydrogen-bond donors (Lipinski definition) is 0. The maximum atomic E-state index is 14.0. The summed E-state index contributed by atoms with van der Waals surface area (Å²) in [5.41, 5.74) is 2.44. The van der Waals surface area contributed by atoms with Gasteiger partial charge in [0.15, 0.2) is 5.69 Å². The Morgan fingerprint density at radius 1 is 0.944 bits per heavy atom. The number of carbonyl (C=O) groups excluding carboxylic acids is 1. The Bertz CT molecular complexity index is 1530. The molecule has 0 amide bonds. The van der Waals surface area contributed by atoms with E-state index in [-0.39, 0.29) is 17.2 Å². The molecule has 0 aliphatic rings. The van der Waals surface area contributed by atoms with Crippen molar-refractivity contribution in [2.45, 2.75) is 32.6 Å².